The quantitative estimate of drug-likeness (QED) is 0.751. The maximum Gasteiger partial charge on any atom is 0.139 e. The van der Waals surface area contributed by atoms with Crippen molar-refractivity contribution >= 4 is 22.8 Å². The van der Waals surface area contributed by atoms with Crippen LogP contribution < -0.4 is 5.32 Å². The van der Waals surface area contributed by atoms with Crippen LogP contribution in [-0.2, 0) is 0 Å². The highest BCUT2D eigenvalue weighted by Crippen LogP contribution is 2.56. The Kier molecular flexibility index (Phi) is 3.20. The summed E-state index contributed by atoms with van der Waals surface area (Å²) in [7, 11) is 0. The van der Waals surface area contributed by atoms with Crippen molar-refractivity contribution in [2.24, 2.45) is 17.8 Å². The fraction of sp³-hybridized carbons (Fsp3) is 0.500. The molecular formula is C20H22N4O. The standard InChI is InChI=1S/C20H22N4O/c21-4-1-2-13-11-23-19-16(3-5-22-19)18(13)24-17-14-6-12-7-15(17)10-20(25,8-12)9-14/h1-3,5,11-12,14-15,17,25H,6-10H2,(H2,22,23,24)/b2-1+/t12?,14?,15?,17-,20+. The monoisotopic (exact) mass is 334 g/mol. The molecule has 0 radical (unpaired) electrons. The number of aromatic nitrogens is 2. The van der Waals surface area contributed by atoms with Crippen molar-refractivity contribution in [2.75, 3.05) is 5.32 Å². The number of aromatic amines is 1. The summed E-state index contributed by atoms with van der Waals surface area (Å²) in [6.45, 7) is 0. The van der Waals surface area contributed by atoms with Gasteiger partial charge in [0.1, 0.15) is 5.65 Å². The van der Waals surface area contributed by atoms with E-state index in [2.05, 4.69) is 21.4 Å². The van der Waals surface area contributed by atoms with Gasteiger partial charge in [-0.05, 0) is 62.0 Å². The summed E-state index contributed by atoms with van der Waals surface area (Å²) in [5.74, 6) is 1.76. The molecule has 6 rings (SSSR count). The topological polar surface area (TPSA) is 84.7 Å². The average Bonchev–Trinajstić information content (AvgIpc) is 3.04. The Balaban J connectivity index is 1.53. The first-order valence-electron chi connectivity index (χ1n) is 9.16. The van der Waals surface area contributed by atoms with Gasteiger partial charge in [-0.3, -0.25) is 0 Å². The second kappa shape index (κ2) is 5.34. The molecule has 3 N–H and O–H groups in total. The molecule has 25 heavy (non-hydrogen) atoms. The number of nitrogens with one attached hydrogen (secondary N) is 2. The highest BCUT2D eigenvalue weighted by Gasteiger charge is 2.54. The molecule has 4 aliphatic rings. The lowest BCUT2D eigenvalue weighted by Gasteiger charge is -2.58. The van der Waals surface area contributed by atoms with Crippen LogP contribution in [-0.4, -0.2) is 26.7 Å². The van der Waals surface area contributed by atoms with E-state index >= 15 is 0 Å². The molecule has 128 valence electrons. The van der Waals surface area contributed by atoms with Gasteiger partial charge in [0.25, 0.3) is 0 Å². The number of nitrogens with zero attached hydrogens (tertiary/aromatic N) is 2. The van der Waals surface area contributed by atoms with Crippen molar-refractivity contribution in [1.82, 2.24) is 9.97 Å². The first-order chi connectivity index (χ1) is 12.1. The third-order valence-corrected chi connectivity index (χ3v) is 6.51. The third-order valence-electron chi connectivity index (χ3n) is 6.51. The number of aliphatic hydroxyl groups is 1. The predicted molar refractivity (Wildman–Crippen MR) is 96.7 cm³/mol. The minimum atomic E-state index is -0.417. The molecule has 0 aromatic carbocycles. The van der Waals surface area contributed by atoms with Crippen LogP contribution in [0.15, 0.2) is 24.5 Å². The molecule has 2 aromatic heterocycles. The van der Waals surface area contributed by atoms with E-state index in [0.29, 0.717) is 23.8 Å². The zero-order chi connectivity index (χ0) is 17.0. The molecule has 5 nitrogen and oxygen atoms in total. The summed E-state index contributed by atoms with van der Waals surface area (Å²) in [6, 6.07) is 4.50. The van der Waals surface area contributed by atoms with Crippen LogP contribution in [0, 0.1) is 29.1 Å². The molecule has 4 bridgehead atoms. The van der Waals surface area contributed by atoms with E-state index < -0.39 is 5.60 Å². The van der Waals surface area contributed by atoms with Crippen LogP contribution in [0.5, 0.6) is 0 Å². The SMILES string of the molecule is N#C/C=C/c1cnc2[nH]ccc2c1N[C@H]1C2CC3CC1C[C@@](O)(C3)C2. The predicted octanol–water partition coefficient (Wildman–Crippen LogP) is 3.45. The average molecular weight is 334 g/mol. The number of rotatable bonds is 3. The number of hydrogen-bond acceptors (Lipinski definition) is 4. The lowest BCUT2D eigenvalue weighted by Crippen LogP contribution is -2.59. The van der Waals surface area contributed by atoms with E-state index in [1.165, 1.54) is 18.9 Å². The van der Waals surface area contributed by atoms with Crippen LogP contribution in [0.3, 0.4) is 0 Å². The molecule has 0 aliphatic heterocycles. The molecule has 2 heterocycles. The number of fused-ring (bicyclic) bond motifs is 1. The minimum Gasteiger partial charge on any atom is -0.390 e. The minimum absolute atomic E-state index is 0.395. The molecule has 0 saturated heterocycles. The summed E-state index contributed by atoms with van der Waals surface area (Å²) in [4.78, 5) is 7.62. The maximum absolute atomic E-state index is 10.8. The van der Waals surface area contributed by atoms with Gasteiger partial charge in [0.05, 0.1) is 17.4 Å². The van der Waals surface area contributed by atoms with Gasteiger partial charge in [0.2, 0.25) is 0 Å². The molecule has 4 aliphatic carbocycles. The van der Waals surface area contributed by atoms with E-state index in [0.717, 1.165) is 41.5 Å². The van der Waals surface area contributed by atoms with Crippen molar-refractivity contribution in [3.8, 4) is 6.07 Å². The first-order valence-corrected chi connectivity index (χ1v) is 9.16. The third kappa shape index (κ3) is 2.36. The van der Waals surface area contributed by atoms with Crippen molar-refractivity contribution in [1.29, 1.82) is 5.26 Å². The zero-order valence-electron chi connectivity index (χ0n) is 14.1. The van der Waals surface area contributed by atoms with Gasteiger partial charge in [-0.1, -0.05) is 0 Å². The summed E-state index contributed by atoms with van der Waals surface area (Å²) < 4.78 is 0. The van der Waals surface area contributed by atoms with E-state index in [-0.39, 0.29) is 0 Å². The molecule has 0 amide bonds. The van der Waals surface area contributed by atoms with Gasteiger partial charge < -0.3 is 15.4 Å². The Hall–Kier alpha value is -2.32. The van der Waals surface area contributed by atoms with Crippen LogP contribution >= 0.6 is 0 Å². The van der Waals surface area contributed by atoms with E-state index in [1.807, 2.05) is 24.5 Å². The molecular weight excluding hydrogens is 312 g/mol. The van der Waals surface area contributed by atoms with Gasteiger partial charge in [0, 0.05) is 35.5 Å². The molecule has 2 unspecified atom stereocenters. The van der Waals surface area contributed by atoms with E-state index in [1.54, 1.807) is 0 Å². The largest absolute Gasteiger partial charge is 0.390 e. The van der Waals surface area contributed by atoms with Crippen molar-refractivity contribution in [3.63, 3.8) is 0 Å². The Labute approximate surface area is 146 Å². The lowest BCUT2D eigenvalue weighted by atomic mass is 9.52. The first kappa shape index (κ1) is 15.0. The van der Waals surface area contributed by atoms with Gasteiger partial charge in [-0.2, -0.15) is 5.26 Å². The van der Waals surface area contributed by atoms with Crippen LogP contribution in [0.4, 0.5) is 5.69 Å². The fourth-order valence-corrected chi connectivity index (χ4v) is 5.82. The molecule has 4 fully saturated rings. The summed E-state index contributed by atoms with van der Waals surface area (Å²) in [6.07, 6.45) is 12.3. The normalized spacial score (nSPS) is 36.2. The van der Waals surface area contributed by atoms with Crippen molar-refractivity contribution in [3.05, 3.63) is 30.1 Å². The number of hydrogen-bond donors (Lipinski definition) is 3. The molecule has 5 heteroatoms. The highest BCUT2D eigenvalue weighted by atomic mass is 16.3. The Morgan fingerprint density at radius 1 is 1.32 bits per heavy atom. The number of H-pyrrole nitrogens is 1. The molecule has 2 aromatic rings. The maximum atomic E-state index is 10.8. The van der Waals surface area contributed by atoms with Crippen molar-refractivity contribution in [2.45, 2.75) is 43.7 Å². The Morgan fingerprint density at radius 2 is 2.12 bits per heavy atom. The van der Waals surface area contributed by atoms with E-state index in [9.17, 15) is 5.11 Å². The zero-order valence-corrected chi connectivity index (χ0v) is 14.1. The van der Waals surface area contributed by atoms with Crippen molar-refractivity contribution < 1.29 is 5.11 Å². The number of anilines is 1. The molecule has 2 atom stereocenters. The van der Waals surface area contributed by atoms with Gasteiger partial charge in [0.15, 0.2) is 0 Å². The fourth-order valence-electron chi connectivity index (χ4n) is 5.82. The number of allylic oxidation sites excluding steroid dienone is 1. The second-order valence-electron chi connectivity index (χ2n) is 8.16. The number of pyridine rings is 1. The van der Waals surface area contributed by atoms with Crippen LogP contribution in [0.2, 0.25) is 0 Å². The van der Waals surface area contributed by atoms with Gasteiger partial charge >= 0.3 is 0 Å². The lowest BCUT2D eigenvalue weighted by molar-refractivity contribution is -0.129. The van der Waals surface area contributed by atoms with E-state index in [4.69, 9.17) is 5.26 Å². The Bertz CT molecular complexity index is 877. The second-order valence-corrected chi connectivity index (χ2v) is 8.16. The van der Waals surface area contributed by atoms with Gasteiger partial charge in [-0.15, -0.1) is 0 Å². The smallest absolute Gasteiger partial charge is 0.139 e. The Morgan fingerprint density at radius 3 is 2.84 bits per heavy atom. The summed E-state index contributed by atoms with van der Waals surface area (Å²) >= 11 is 0. The van der Waals surface area contributed by atoms with Gasteiger partial charge in [-0.25, -0.2) is 4.98 Å². The van der Waals surface area contributed by atoms with Crippen LogP contribution in [0.1, 0.15) is 37.7 Å². The summed E-state index contributed by atoms with van der Waals surface area (Å²) in [5, 5.41) is 24.6. The number of nitriles is 1. The summed E-state index contributed by atoms with van der Waals surface area (Å²) in [5.41, 5.74) is 2.45. The highest BCUT2D eigenvalue weighted by molar-refractivity contribution is 5.94. The molecule has 4 saturated carbocycles. The van der Waals surface area contributed by atoms with Crippen LogP contribution in [0.25, 0.3) is 17.1 Å². The molecule has 0 spiro atoms.